The molecule has 1 rings (SSSR count). The Morgan fingerprint density at radius 1 is 1.67 bits per heavy atom. The highest BCUT2D eigenvalue weighted by Gasteiger charge is 2.24. The Morgan fingerprint density at radius 3 is 2.56 bits per heavy atom. The van der Waals surface area contributed by atoms with Crippen LogP contribution in [-0.2, 0) is 0 Å². The summed E-state index contributed by atoms with van der Waals surface area (Å²) in [6.45, 7) is 4.34. The van der Waals surface area contributed by atoms with Gasteiger partial charge >= 0.3 is 0 Å². The van der Waals surface area contributed by atoms with Crippen molar-refractivity contribution in [2.24, 2.45) is 4.99 Å². The molecule has 0 aromatic rings. The number of hydrogen-bond donors (Lipinski definition) is 0. The van der Waals surface area contributed by atoms with Crippen molar-refractivity contribution in [2.45, 2.75) is 19.4 Å². The number of rotatable bonds is 0. The van der Waals surface area contributed by atoms with E-state index in [9.17, 15) is 0 Å². The molecule has 9 heavy (non-hydrogen) atoms. The molecule has 0 aliphatic carbocycles. The molecule has 0 atom stereocenters. The largest absolute Gasteiger partial charge is 0.265 e. The van der Waals surface area contributed by atoms with Crippen LogP contribution in [0.1, 0.15) is 13.8 Å². The lowest BCUT2D eigenvalue weighted by molar-refractivity contribution is 0.606. The fraction of sp³-hybridized carbons (Fsp3) is 0.833. The molecule has 1 aliphatic rings. The van der Waals surface area contributed by atoms with Crippen molar-refractivity contribution in [3.8, 4) is 0 Å². The predicted octanol–water partition coefficient (Wildman–Crippen LogP) is 2.23. The van der Waals surface area contributed by atoms with E-state index in [0.29, 0.717) is 0 Å². The molecule has 0 radical (unpaired) electrons. The number of nitrogens with zero attached hydrogens (tertiary/aromatic N) is 1. The second kappa shape index (κ2) is 2.54. The van der Waals surface area contributed by atoms with Gasteiger partial charge in [0.05, 0.1) is 5.54 Å². The number of aliphatic imine (C=N–C) groups is 1. The molecule has 0 spiro atoms. The molecular weight excluding hydrogens is 150 g/mol. The van der Waals surface area contributed by atoms with Gasteiger partial charge < -0.3 is 0 Å². The average molecular weight is 161 g/mol. The second-order valence-electron chi connectivity index (χ2n) is 2.68. The first-order valence-corrected chi connectivity index (χ1v) is 5.12. The van der Waals surface area contributed by atoms with Crippen LogP contribution in [0.2, 0.25) is 0 Å². The Balaban J connectivity index is 2.61. The first-order valence-electron chi connectivity index (χ1n) is 2.91. The molecule has 52 valence electrons. The molecule has 0 bridgehead atoms. The van der Waals surface area contributed by atoms with Crippen LogP contribution >= 0.6 is 23.5 Å². The molecular formula is C6H11NS2. The van der Waals surface area contributed by atoms with Gasteiger partial charge in [0.2, 0.25) is 0 Å². The Bertz CT molecular complexity index is 140. The summed E-state index contributed by atoms with van der Waals surface area (Å²) >= 11 is 3.61. The molecule has 0 aromatic carbocycles. The van der Waals surface area contributed by atoms with Crippen LogP contribution < -0.4 is 0 Å². The van der Waals surface area contributed by atoms with Crippen LogP contribution in [0, 0.1) is 0 Å². The van der Waals surface area contributed by atoms with Crippen molar-refractivity contribution in [2.75, 3.05) is 12.0 Å². The van der Waals surface area contributed by atoms with E-state index < -0.39 is 0 Å². The third kappa shape index (κ3) is 1.90. The molecule has 0 aromatic heterocycles. The summed E-state index contributed by atoms with van der Waals surface area (Å²) in [7, 11) is 0. The van der Waals surface area contributed by atoms with E-state index in [1.807, 2.05) is 11.8 Å². The number of thioether (sulfide) groups is 2. The van der Waals surface area contributed by atoms with Gasteiger partial charge in [-0.3, -0.25) is 4.99 Å². The molecule has 0 fully saturated rings. The molecule has 0 saturated carbocycles. The summed E-state index contributed by atoms with van der Waals surface area (Å²) in [5.41, 5.74) is 0.197. The molecule has 1 aliphatic heterocycles. The summed E-state index contributed by atoms with van der Waals surface area (Å²) in [6, 6.07) is 0. The minimum atomic E-state index is 0.197. The molecule has 1 nitrogen and oxygen atoms in total. The second-order valence-corrected chi connectivity index (χ2v) is 4.70. The van der Waals surface area contributed by atoms with Crippen LogP contribution in [0.3, 0.4) is 0 Å². The van der Waals surface area contributed by atoms with E-state index in [1.54, 1.807) is 11.8 Å². The van der Waals surface area contributed by atoms with E-state index in [-0.39, 0.29) is 5.54 Å². The molecule has 0 amide bonds. The Morgan fingerprint density at radius 2 is 2.33 bits per heavy atom. The van der Waals surface area contributed by atoms with Crippen LogP contribution in [0.15, 0.2) is 4.99 Å². The van der Waals surface area contributed by atoms with Gasteiger partial charge in [-0.25, -0.2) is 0 Å². The van der Waals surface area contributed by atoms with Gasteiger partial charge in [0.15, 0.2) is 0 Å². The predicted molar refractivity (Wildman–Crippen MR) is 47.5 cm³/mol. The van der Waals surface area contributed by atoms with Crippen molar-refractivity contribution in [3.05, 3.63) is 0 Å². The maximum Gasteiger partial charge on any atom is 0.124 e. The molecule has 3 heteroatoms. The Hall–Kier alpha value is 0.370. The minimum absolute atomic E-state index is 0.197. The van der Waals surface area contributed by atoms with Crippen molar-refractivity contribution in [1.29, 1.82) is 0 Å². The topological polar surface area (TPSA) is 12.4 Å². The first kappa shape index (κ1) is 7.48. The van der Waals surface area contributed by atoms with Crippen molar-refractivity contribution >= 4 is 27.9 Å². The summed E-state index contributed by atoms with van der Waals surface area (Å²) in [5, 5.41) is 0. The monoisotopic (exact) mass is 161 g/mol. The summed E-state index contributed by atoms with van der Waals surface area (Å²) in [5.74, 6) is 1.14. The standard InChI is InChI=1S/C6H11NS2/c1-6(2)4-9-5(7-6)8-3/h4H2,1-3H3. The number of hydrogen-bond acceptors (Lipinski definition) is 3. The highest BCUT2D eigenvalue weighted by Crippen LogP contribution is 2.30. The lowest BCUT2D eigenvalue weighted by atomic mass is 10.1. The molecule has 0 saturated heterocycles. The fourth-order valence-electron chi connectivity index (χ4n) is 0.655. The van der Waals surface area contributed by atoms with Gasteiger partial charge in [-0.15, -0.1) is 11.8 Å². The smallest absolute Gasteiger partial charge is 0.124 e. The van der Waals surface area contributed by atoms with Crippen LogP contribution in [0.5, 0.6) is 0 Å². The Kier molecular flexibility index (Phi) is 2.11. The van der Waals surface area contributed by atoms with Crippen molar-refractivity contribution < 1.29 is 0 Å². The van der Waals surface area contributed by atoms with Gasteiger partial charge in [0, 0.05) is 5.75 Å². The van der Waals surface area contributed by atoms with Crippen LogP contribution in [-0.4, -0.2) is 21.9 Å². The van der Waals surface area contributed by atoms with E-state index >= 15 is 0 Å². The first-order chi connectivity index (χ1) is 4.14. The van der Waals surface area contributed by atoms with Crippen LogP contribution in [0.25, 0.3) is 0 Å². The van der Waals surface area contributed by atoms with Crippen molar-refractivity contribution in [3.63, 3.8) is 0 Å². The fourth-order valence-corrected chi connectivity index (χ4v) is 2.49. The summed E-state index contributed by atoms with van der Waals surface area (Å²) < 4.78 is 1.24. The highest BCUT2D eigenvalue weighted by molar-refractivity contribution is 8.38. The van der Waals surface area contributed by atoms with Gasteiger partial charge in [-0.05, 0) is 20.1 Å². The van der Waals surface area contributed by atoms with Gasteiger partial charge in [0.25, 0.3) is 0 Å². The normalized spacial score (nSPS) is 24.1. The lowest BCUT2D eigenvalue weighted by Crippen LogP contribution is -2.14. The van der Waals surface area contributed by atoms with Gasteiger partial charge in [-0.2, -0.15) is 0 Å². The minimum Gasteiger partial charge on any atom is -0.265 e. The lowest BCUT2D eigenvalue weighted by Gasteiger charge is -2.09. The highest BCUT2D eigenvalue weighted by atomic mass is 32.2. The zero-order chi connectivity index (χ0) is 6.91. The zero-order valence-electron chi connectivity index (χ0n) is 5.97. The maximum absolute atomic E-state index is 4.48. The van der Waals surface area contributed by atoms with E-state index in [2.05, 4.69) is 25.1 Å². The van der Waals surface area contributed by atoms with E-state index in [1.165, 1.54) is 4.38 Å². The SMILES string of the molecule is CSC1=NC(C)(C)CS1. The molecule has 1 heterocycles. The van der Waals surface area contributed by atoms with E-state index in [4.69, 9.17) is 0 Å². The molecule has 0 unspecified atom stereocenters. The maximum atomic E-state index is 4.48. The zero-order valence-corrected chi connectivity index (χ0v) is 7.60. The van der Waals surface area contributed by atoms with Crippen molar-refractivity contribution in [1.82, 2.24) is 0 Å². The quantitative estimate of drug-likeness (QED) is 0.540. The summed E-state index contributed by atoms with van der Waals surface area (Å²) in [6.07, 6.45) is 2.08. The summed E-state index contributed by atoms with van der Waals surface area (Å²) in [4.78, 5) is 4.48. The average Bonchev–Trinajstić information content (AvgIpc) is 2.10. The van der Waals surface area contributed by atoms with Crippen LogP contribution in [0.4, 0.5) is 0 Å². The molecule has 0 N–H and O–H groups in total. The van der Waals surface area contributed by atoms with Gasteiger partial charge in [-0.1, -0.05) is 11.8 Å². The van der Waals surface area contributed by atoms with E-state index in [0.717, 1.165) is 5.75 Å². The Labute approximate surface area is 64.7 Å². The third-order valence-corrected chi connectivity index (χ3v) is 3.60. The van der Waals surface area contributed by atoms with Gasteiger partial charge in [0.1, 0.15) is 4.38 Å². The third-order valence-electron chi connectivity index (χ3n) is 1.12.